The zero-order valence-electron chi connectivity index (χ0n) is 20.0. The first kappa shape index (κ1) is 24.8. The van der Waals surface area contributed by atoms with Crippen LogP contribution in [0.4, 0.5) is 5.69 Å². The highest BCUT2D eigenvalue weighted by molar-refractivity contribution is 7.89. The topological polar surface area (TPSA) is 83.6 Å². The normalized spacial score (nSPS) is 18.7. The predicted molar refractivity (Wildman–Crippen MR) is 137 cm³/mol. The highest BCUT2D eigenvalue weighted by atomic mass is 32.2. The lowest BCUT2D eigenvalue weighted by Gasteiger charge is -2.34. The summed E-state index contributed by atoms with van der Waals surface area (Å²) in [5.41, 5.74) is 1.89. The van der Waals surface area contributed by atoms with E-state index < -0.39 is 10.0 Å². The predicted octanol–water partition coefficient (Wildman–Crippen LogP) is 4.88. The Hall–Kier alpha value is -3.29. The summed E-state index contributed by atoms with van der Waals surface area (Å²) >= 11 is 0. The smallest absolute Gasteiger partial charge is 0.243 e. The van der Waals surface area contributed by atoms with Crippen molar-refractivity contribution < 1.29 is 18.0 Å². The van der Waals surface area contributed by atoms with Gasteiger partial charge in [0.1, 0.15) is 0 Å². The van der Waals surface area contributed by atoms with Crippen LogP contribution in [-0.4, -0.2) is 43.9 Å². The van der Waals surface area contributed by atoms with Crippen molar-refractivity contribution in [1.82, 2.24) is 4.31 Å². The third-order valence-electron chi connectivity index (χ3n) is 6.28. The molecule has 182 valence electrons. The van der Waals surface area contributed by atoms with Gasteiger partial charge in [-0.1, -0.05) is 68.4 Å². The van der Waals surface area contributed by atoms with Gasteiger partial charge < -0.3 is 5.32 Å². The Morgan fingerprint density at radius 3 is 2.20 bits per heavy atom. The summed E-state index contributed by atoms with van der Waals surface area (Å²) in [5, 5.41) is 3.07. The first-order valence-electron chi connectivity index (χ1n) is 11.8. The number of hydrogen-bond acceptors (Lipinski definition) is 5. The van der Waals surface area contributed by atoms with Crippen LogP contribution in [0.3, 0.4) is 0 Å². The highest BCUT2D eigenvalue weighted by Gasteiger charge is 2.32. The largest absolute Gasteiger partial charge is 0.377 e. The number of sulfonamides is 1. The Bertz CT molecular complexity index is 1310. The second kappa shape index (κ2) is 10.5. The summed E-state index contributed by atoms with van der Waals surface area (Å²) in [5.74, 6) is 0.186. The quantitative estimate of drug-likeness (QED) is 0.455. The highest BCUT2D eigenvalue weighted by Crippen LogP contribution is 2.27. The maximum Gasteiger partial charge on any atom is 0.243 e. The van der Waals surface area contributed by atoms with E-state index in [9.17, 15) is 18.0 Å². The van der Waals surface area contributed by atoms with E-state index in [4.69, 9.17) is 0 Å². The number of piperidine rings is 1. The van der Waals surface area contributed by atoms with Crippen molar-refractivity contribution in [3.05, 3.63) is 95.6 Å². The van der Waals surface area contributed by atoms with Gasteiger partial charge in [0.25, 0.3) is 0 Å². The van der Waals surface area contributed by atoms with Crippen LogP contribution in [0.1, 0.15) is 46.5 Å². The number of Topliss-reactive ketones (excluding diaryl/α,β-unsaturated/α-hetero) is 1. The van der Waals surface area contributed by atoms with Crippen molar-refractivity contribution in [2.75, 3.05) is 25.0 Å². The Morgan fingerprint density at radius 1 is 0.857 bits per heavy atom. The minimum absolute atomic E-state index is 0.0691. The summed E-state index contributed by atoms with van der Waals surface area (Å²) in [7, 11) is -3.68. The average Bonchev–Trinajstić information content (AvgIpc) is 2.87. The summed E-state index contributed by atoms with van der Waals surface area (Å²) in [6, 6.07) is 22.2. The van der Waals surface area contributed by atoms with Gasteiger partial charge in [-0.3, -0.25) is 9.59 Å². The van der Waals surface area contributed by atoms with Crippen molar-refractivity contribution >= 4 is 27.3 Å². The zero-order chi connectivity index (χ0) is 25.0. The van der Waals surface area contributed by atoms with Crippen LogP contribution in [0.5, 0.6) is 0 Å². The van der Waals surface area contributed by atoms with Crippen LogP contribution < -0.4 is 5.32 Å². The molecule has 0 bridgehead atoms. The molecule has 0 spiro atoms. The second-order valence-electron chi connectivity index (χ2n) is 9.31. The molecule has 0 aliphatic carbocycles. The van der Waals surface area contributed by atoms with E-state index in [1.165, 1.54) is 16.4 Å². The van der Waals surface area contributed by atoms with E-state index in [0.717, 1.165) is 6.42 Å². The summed E-state index contributed by atoms with van der Waals surface area (Å²) in [4.78, 5) is 26.0. The van der Waals surface area contributed by atoms with Crippen molar-refractivity contribution in [2.45, 2.75) is 25.2 Å². The van der Waals surface area contributed by atoms with Crippen LogP contribution in [0, 0.1) is 11.8 Å². The number of carbonyl (C=O) groups is 2. The lowest BCUT2D eigenvalue weighted by Crippen LogP contribution is -2.42. The fraction of sp³-hybridized carbons (Fsp3) is 0.286. The Morgan fingerprint density at radius 2 is 1.49 bits per heavy atom. The lowest BCUT2D eigenvalue weighted by atomic mass is 9.94. The maximum absolute atomic E-state index is 13.2. The van der Waals surface area contributed by atoms with E-state index in [-0.39, 0.29) is 23.0 Å². The number of hydrogen-bond donors (Lipinski definition) is 1. The number of nitrogens with zero attached hydrogens (tertiary/aromatic N) is 1. The molecule has 2 unspecified atom stereocenters. The third-order valence-corrected chi connectivity index (χ3v) is 8.10. The molecule has 1 N–H and O–H groups in total. The molecule has 0 aromatic heterocycles. The molecular weight excluding hydrogens is 460 g/mol. The molecule has 4 rings (SSSR count). The molecule has 1 aliphatic heterocycles. The minimum atomic E-state index is -3.68. The van der Waals surface area contributed by atoms with Gasteiger partial charge in [0, 0.05) is 35.5 Å². The molecular formula is C28H30N2O4S. The number of benzene rings is 3. The fourth-order valence-corrected chi connectivity index (χ4v) is 6.36. The van der Waals surface area contributed by atoms with E-state index in [1.807, 2.05) is 6.07 Å². The number of rotatable bonds is 8. The molecule has 3 aromatic rings. The molecule has 0 radical (unpaired) electrons. The molecule has 7 heteroatoms. The zero-order valence-corrected chi connectivity index (χ0v) is 20.8. The molecule has 3 aromatic carbocycles. The minimum Gasteiger partial charge on any atom is -0.377 e. The van der Waals surface area contributed by atoms with Gasteiger partial charge in [0.15, 0.2) is 11.6 Å². The monoisotopic (exact) mass is 490 g/mol. The first-order valence-corrected chi connectivity index (χ1v) is 13.3. The summed E-state index contributed by atoms with van der Waals surface area (Å²) < 4.78 is 28.0. The number of carbonyl (C=O) groups excluding carboxylic acids is 2. The van der Waals surface area contributed by atoms with Gasteiger partial charge in [-0.25, -0.2) is 8.42 Å². The van der Waals surface area contributed by atoms with Crippen LogP contribution >= 0.6 is 0 Å². The SMILES string of the molecule is CC1CC(C)CN(S(=O)(=O)c2cccc(C(=O)CNc3ccccc3C(=O)c3ccccc3)c2)C1. The van der Waals surface area contributed by atoms with E-state index >= 15 is 0 Å². The van der Waals surface area contributed by atoms with Crippen LogP contribution in [0.15, 0.2) is 83.8 Å². The first-order chi connectivity index (χ1) is 16.8. The van der Waals surface area contributed by atoms with Crippen molar-refractivity contribution in [3.63, 3.8) is 0 Å². The van der Waals surface area contributed by atoms with Crippen LogP contribution in [0.2, 0.25) is 0 Å². The van der Waals surface area contributed by atoms with Crippen molar-refractivity contribution in [3.8, 4) is 0 Å². The summed E-state index contributed by atoms with van der Waals surface area (Å²) in [6.45, 7) is 5.02. The lowest BCUT2D eigenvalue weighted by molar-refractivity contribution is 0.100. The fourth-order valence-electron chi connectivity index (χ4n) is 4.64. The third kappa shape index (κ3) is 5.69. The Kier molecular flexibility index (Phi) is 7.48. The van der Waals surface area contributed by atoms with Gasteiger partial charge in [0.05, 0.1) is 11.4 Å². The van der Waals surface area contributed by atoms with E-state index in [1.54, 1.807) is 60.7 Å². The van der Waals surface area contributed by atoms with Gasteiger partial charge in [0.2, 0.25) is 10.0 Å². The van der Waals surface area contributed by atoms with Crippen LogP contribution in [0.25, 0.3) is 0 Å². The number of ketones is 2. The van der Waals surface area contributed by atoms with Crippen molar-refractivity contribution in [2.24, 2.45) is 11.8 Å². The number of anilines is 1. The molecule has 1 fully saturated rings. The molecule has 0 amide bonds. The Labute approximate surface area is 207 Å². The molecule has 1 heterocycles. The van der Waals surface area contributed by atoms with Crippen molar-refractivity contribution in [1.29, 1.82) is 0 Å². The average molecular weight is 491 g/mol. The molecule has 35 heavy (non-hydrogen) atoms. The number of para-hydroxylation sites is 1. The number of nitrogens with one attached hydrogen (secondary N) is 1. The van der Waals surface area contributed by atoms with Gasteiger partial charge >= 0.3 is 0 Å². The van der Waals surface area contributed by atoms with Gasteiger partial charge in [-0.2, -0.15) is 4.31 Å². The van der Waals surface area contributed by atoms with E-state index in [0.29, 0.717) is 47.3 Å². The van der Waals surface area contributed by atoms with E-state index in [2.05, 4.69) is 19.2 Å². The molecule has 6 nitrogen and oxygen atoms in total. The molecule has 1 saturated heterocycles. The summed E-state index contributed by atoms with van der Waals surface area (Å²) in [6.07, 6.45) is 1.00. The molecule has 1 aliphatic rings. The van der Waals surface area contributed by atoms with Crippen LogP contribution in [-0.2, 0) is 10.0 Å². The van der Waals surface area contributed by atoms with Gasteiger partial charge in [-0.15, -0.1) is 0 Å². The standard InChI is InChI=1S/C28H30N2O4S/c1-20-15-21(2)19-30(18-20)35(33,34)24-12-8-11-23(16-24)27(31)17-29-26-14-7-6-13-25(26)28(32)22-9-4-3-5-10-22/h3-14,16,20-21,29H,15,17-19H2,1-2H3. The maximum atomic E-state index is 13.2. The van der Waals surface area contributed by atoms with Gasteiger partial charge in [-0.05, 0) is 42.5 Å². The molecule has 2 atom stereocenters. The second-order valence-corrected chi connectivity index (χ2v) is 11.3. The Balaban J connectivity index is 1.50. The molecule has 0 saturated carbocycles.